The highest BCUT2D eigenvalue weighted by atomic mass is 16.1. The fourth-order valence-corrected chi connectivity index (χ4v) is 4.37. The fourth-order valence-electron chi connectivity index (χ4n) is 4.37. The van der Waals surface area contributed by atoms with E-state index in [0.29, 0.717) is 18.4 Å². The van der Waals surface area contributed by atoms with Crippen LogP contribution in [0.25, 0.3) is 0 Å². The lowest BCUT2D eigenvalue weighted by molar-refractivity contribution is -0.127. The number of carbonyl (C=O) groups is 2. The summed E-state index contributed by atoms with van der Waals surface area (Å²) in [7, 11) is 0. The molecule has 30 heavy (non-hydrogen) atoms. The molecule has 0 heterocycles. The Morgan fingerprint density at radius 3 is 2.10 bits per heavy atom. The van der Waals surface area contributed by atoms with Crippen LogP contribution in [0.15, 0.2) is 70.4 Å². The number of ketones is 2. The van der Waals surface area contributed by atoms with Gasteiger partial charge in [0, 0.05) is 12.8 Å². The molecule has 0 spiro atoms. The van der Waals surface area contributed by atoms with Crippen LogP contribution in [0, 0.1) is 10.8 Å². The van der Waals surface area contributed by atoms with Gasteiger partial charge in [-0.1, -0.05) is 80.9 Å². The van der Waals surface area contributed by atoms with E-state index in [0.717, 1.165) is 5.57 Å². The number of allylic oxidation sites excluding steroid dienone is 12. The van der Waals surface area contributed by atoms with Crippen LogP contribution in [0.3, 0.4) is 0 Å². The topological polar surface area (TPSA) is 34.1 Å². The molecule has 0 bridgehead atoms. The van der Waals surface area contributed by atoms with Crippen LogP contribution >= 0.6 is 0 Å². The van der Waals surface area contributed by atoms with Gasteiger partial charge in [0.1, 0.15) is 0 Å². The Hall–Kier alpha value is -2.22. The minimum absolute atomic E-state index is 0.0413. The average molecular weight is 407 g/mol. The first-order valence-corrected chi connectivity index (χ1v) is 11.1. The first-order valence-electron chi connectivity index (χ1n) is 11.1. The van der Waals surface area contributed by atoms with Crippen molar-refractivity contribution >= 4 is 11.6 Å². The van der Waals surface area contributed by atoms with Crippen LogP contribution in [0.4, 0.5) is 0 Å². The second-order valence-corrected chi connectivity index (χ2v) is 10.4. The number of Topliss-reactive ketones (excluding diaryl/α,β-unsaturated/α-hetero) is 2. The maximum atomic E-state index is 12.3. The highest BCUT2D eigenvalue weighted by Gasteiger charge is 2.35. The van der Waals surface area contributed by atoms with E-state index in [-0.39, 0.29) is 22.4 Å². The minimum atomic E-state index is -0.221. The highest BCUT2D eigenvalue weighted by Crippen LogP contribution is 2.40. The van der Waals surface area contributed by atoms with Crippen molar-refractivity contribution in [2.24, 2.45) is 10.8 Å². The molecule has 0 saturated heterocycles. The van der Waals surface area contributed by atoms with Gasteiger partial charge in [0.05, 0.1) is 5.57 Å². The predicted molar refractivity (Wildman–Crippen MR) is 127 cm³/mol. The minimum Gasteiger partial charge on any atom is -0.294 e. The summed E-state index contributed by atoms with van der Waals surface area (Å²) < 4.78 is 0. The lowest BCUT2D eigenvalue weighted by atomic mass is 9.72. The maximum Gasteiger partial charge on any atom is 0.166 e. The van der Waals surface area contributed by atoms with Gasteiger partial charge in [0.25, 0.3) is 0 Å². The Morgan fingerprint density at radius 2 is 1.50 bits per heavy atom. The zero-order chi connectivity index (χ0) is 22.5. The molecule has 1 saturated carbocycles. The standard InChI is InChI=1S/C28H38O2/c1-20(13-15-23-25(29)18-27(4,5)19-26(23)30)10-8-11-21(2)14-16-24-22(3)12-9-17-28(24,6)7/h8,10-11,13-16H,9,12,17-19H2,1-7H3/b10-8+,16-14+,20-13+,21-11+. The molecule has 0 atom stereocenters. The molecule has 2 nitrogen and oxygen atoms in total. The first kappa shape index (κ1) is 24.1. The summed E-state index contributed by atoms with van der Waals surface area (Å²) in [4.78, 5) is 24.5. The Labute approximate surface area is 183 Å². The van der Waals surface area contributed by atoms with Crippen molar-refractivity contribution in [1.29, 1.82) is 0 Å². The summed E-state index contributed by atoms with van der Waals surface area (Å²) in [6.45, 7) is 14.9. The summed E-state index contributed by atoms with van der Waals surface area (Å²) in [5.74, 6) is -0.0826. The molecule has 0 N–H and O–H groups in total. The zero-order valence-electron chi connectivity index (χ0n) is 19.9. The van der Waals surface area contributed by atoms with Crippen LogP contribution in [0.2, 0.25) is 0 Å². The van der Waals surface area contributed by atoms with Gasteiger partial charge in [-0.05, 0) is 62.5 Å². The number of carbonyl (C=O) groups excluding carboxylic acids is 2. The SMILES string of the molecule is CC1=C(/C=C/C(C)=C/C=C/C(C)=C/C=C2C(=O)CC(C)(C)CC2=O)C(C)(C)CCC1. The molecule has 2 aliphatic carbocycles. The Balaban J connectivity index is 2.04. The lowest BCUT2D eigenvalue weighted by Crippen LogP contribution is -2.31. The molecule has 2 aliphatic rings. The monoisotopic (exact) mass is 406 g/mol. The van der Waals surface area contributed by atoms with E-state index < -0.39 is 0 Å². The molecule has 0 amide bonds. The van der Waals surface area contributed by atoms with Crippen LogP contribution in [-0.4, -0.2) is 11.6 Å². The van der Waals surface area contributed by atoms with Crippen LogP contribution in [-0.2, 0) is 9.59 Å². The molecule has 0 radical (unpaired) electrons. The van der Waals surface area contributed by atoms with E-state index in [2.05, 4.69) is 45.9 Å². The number of hydrogen-bond acceptors (Lipinski definition) is 2. The Morgan fingerprint density at radius 1 is 0.900 bits per heavy atom. The molecule has 162 valence electrons. The largest absolute Gasteiger partial charge is 0.294 e. The normalized spacial score (nSPS) is 23.1. The third-order valence-corrected chi connectivity index (χ3v) is 6.17. The van der Waals surface area contributed by atoms with E-state index in [1.807, 2.05) is 39.0 Å². The van der Waals surface area contributed by atoms with Gasteiger partial charge < -0.3 is 0 Å². The fraction of sp³-hybridized carbons (Fsp3) is 0.500. The second-order valence-electron chi connectivity index (χ2n) is 10.4. The van der Waals surface area contributed by atoms with Gasteiger partial charge in [-0.2, -0.15) is 0 Å². The molecule has 1 fully saturated rings. The molecule has 0 aromatic carbocycles. The number of hydrogen-bond donors (Lipinski definition) is 0. The Kier molecular flexibility index (Phi) is 7.80. The molecule has 0 aliphatic heterocycles. The smallest absolute Gasteiger partial charge is 0.166 e. The lowest BCUT2D eigenvalue weighted by Gasteiger charge is -2.32. The van der Waals surface area contributed by atoms with Gasteiger partial charge >= 0.3 is 0 Å². The second kappa shape index (κ2) is 9.73. The van der Waals surface area contributed by atoms with Crippen LogP contribution in [0.1, 0.15) is 80.6 Å². The van der Waals surface area contributed by atoms with E-state index in [1.165, 1.54) is 36.0 Å². The summed E-state index contributed by atoms with van der Waals surface area (Å²) in [5, 5.41) is 0. The van der Waals surface area contributed by atoms with E-state index in [4.69, 9.17) is 0 Å². The summed E-state index contributed by atoms with van der Waals surface area (Å²) in [5.41, 5.74) is 5.56. The van der Waals surface area contributed by atoms with Crippen molar-refractivity contribution in [3.05, 3.63) is 70.4 Å². The van der Waals surface area contributed by atoms with Crippen molar-refractivity contribution in [2.75, 3.05) is 0 Å². The molecule has 0 aromatic heterocycles. The zero-order valence-corrected chi connectivity index (χ0v) is 19.9. The maximum absolute atomic E-state index is 12.3. The average Bonchev–Trinajstić information content (AvgIpc) is 2.59. The highest BCUT2D eigenvalue weighted by molar-refractivity contribution is 6.22. The van der Waals surface area contributed by atoms with Crippen molar-refractivity contribution < 1.29 is 9.59 Å². The van der Waals surface area contributed by atoms with E-state index in [9.17, 15) is 9.59 Å². The third kappa shape index (κ3) is 6.65. The molecule has 2 rings (SSSR count). The molecule has 0 aromatic rings. The van der Waals surface area contributed by atoms with E-state index >= 15 is 0 Å². The van der Waals surface area contributed by atoms with Gasteiger partial charge in [-0.15, -0.1) is 0 Å². The summed E-state index contributed by atoms with van der Waals surface area (Å²) in [6, 6.07) is 0. The summed E-state index contributed by atoms with van der Waals surface area (Å²) >= 11 is 0. The molecule has 0 unspecified atom stereocenters. The number of rotatable bonds is 5. The molecule has 2 heteroatoms. The summed E-state index contributed by atoms with van der Waals surface area (Å²) in [6.07, 6.45) is 18.7. The van der Waals surface area contributed by atoms with Crippen molar-refractivity contribution in [1.82, 2.24) is 0 Å². The third-order valence-electron chi connectivity index (χ3n) is 6.17. The Bertz CT molecular complexity index is 858. The van der Waals surface area contributed by atoms with Crippen molar-refractivity contribution in [3.63, 3.8) is 0 Å². The molecular weight excluding hydrogens is 368 g/mol. The van der Waals surface area contributed by atoms with Crippen molar-refractivity contribution in [2.45, 2.75) is 80.6 Å². The van der Waals surface area contributed by atoms with Crippen LogP contribution < -0.4 is 0 Å². The van der Waals surface area contributed by atoms with Gasteiger partial charge in [0.2, 0.25) is 0 Å². The van der Waals surface area contributed by atoms with Gasteiger partial charge in [-0.25, -0.2) is 0 Å². The predicted octanol–water partition coefficient (Wildman–Crippen LogP) is 7.40. The van der Waals surface area contributed by atoms with Gasteiger partial charge in [0.15, 0.2) is 11.6 Å². The quantitative estimate of drug-likeness (QED) is 0.271. The van der Waals surface area contributed by atoms with Crippen LogP contribution in [0.5, 0.6) is 0 Å². The molecular formula is C28H38O2. The first-order chi connectivity index (χ1) is 13.9. The van der Waals surface area contributed by atoms with Crippen molar-refractivity contribution in [3.8, 4) is 0 Å². The van der Waals surface area contributed by atoms with Gasteiger partial charge in [-0.3, -0.25) is 9.59 Å². The van der Waals surface area contributed by atoms with E-state index in [1.54, 1.807) is 6.08 Å².